The summed E-state index contributed by atoms with van der Waals surface area (Å²) in [6.07, 6.45) is 1.23. The minimum atomic E-state index is -1.21. The van der Waals surface area contributed by atoms with Gasteiger partial charge in [0.1, 0.15) is 5.69 Å². The number of hydrogen-bond acceptors (Lipinski definition) is 4. The van der Waals surface area contributed by atoms with Crippen molar-refractivity contribution in [2.75, 3.05) is 0 Å². The molecule has 86 valence electrons. The van der Waals surface area contributed by atoms with Gasteiger partial charge in [-0.2, -0.15) is 0 Å². The first-order valence-electron chi connectivity index (χ1n) is 4.56. The Morgan fingerprint density at radius 3 is 2.82 bits per heavy atom. The molecule has 0 saturated heterocycles. The van der Waals surface area contributed by atoms with E-state index >= 15 is 0 Å². The van der Waals surface area contributed by atoms with Gasteiger partial charge in [0.15, 0.2) is 17.9 Å². The maximum atomic E-state index is 13.0. The fourth-order valence-electron chi connectivity index (χ4n) is 1.27. The van der Waals surface area contributed by atoms with Gasteiger partial charge < -0.3 is 9.52 Å². The summed E-state index contributed by atoms with van der Waals surface area (Å²) in [6.45, 7) is 0. The van der Waals surface area contributed by atoms with Crippen LogP contribution >= 0.6 is 0 Å². The summed E-state index contributed by atoms with van der Waals surface area (Å²) in [5, 5.41) is 8.66. The van der Waals surface area contributed by atoms with Gasteiger partial charge in [-0.3, -0.25) is 4.79 Å². The van der Waals surface area contributed by atoms with E-state index in [9.17, 15) is 14.0 Å². The Labute approximate surface area is 94.5 Å². The summed E-state index contributed by atoms with van der Waals surface area (Å²) >= 11 is 0. The van der Waals surface area contributed by atoms with Gasteiger partial charge in [0, 0.05) is 0 Å². The lowest BCUT2D eigenvalue weighted by Gasteiger charge is -1.98. The Hall–Kier alpha value is -2.50. The number of pyridine rings is 1. The largest absolute Gasteiger partial charge is 0.475 e. The number of furan rings is 1. The number of rotatable bonds is 3. The van der Waals surface area contributed by atoms with E-state index in [1.54, 1.807) is 0 Å². The van der Waals surface area contributed by atoms with Crippen molar-refractivity contribution in [1.82, 2.24) is 4.98 Å². The van der Waals surface area contributed by atoms with Crippen LogP contribution in [0.25, 0.3) is 11.5 Å². The maximum Gasteiger partial charge on any atom is 0.371 e. The second-order valence-corrected chi connectivity index (χ2v) is 3.18. The van der Waals surface area contributed by atoms with Crippen LogP contribution in [0.3, 0.4) is 0 Å². The van der Waals surface area contributed by atoms with Gasteiger partial charge in [-0.15, -0.1) is 0 Å². The van der Waals surface area contributed by atoms with Gasteiger partial charge in [0.05, 0.1) is 11.8 Å². The summed E-state index contributed by atoms with van der Waals surface area (Å²) < 4.78 is 18.0. The van der Waals surface area contributed by atoms with E-state index in [2.05, 4.69) is 4.98 Å². The zero-order valence-electron chi connectivity index (χ0n) is 8.38. The van der Waals surface area contributed by atoms with Crippen molar-refractivity contribution in [1.29, 1.82) is 0 Å². The molecule has 2 aromatic heterocycles. The van der Waals surface area contributed by atoms with Crippen molar-refractivity contribution in [2.45, 2.75) is 0 Å². The highest BCUT2D eigenvalue weighted by molar-refractivity contribution is 5.85. The van der Waals surface area contributed by atoms with Crippen molar-refractivity contribution in [3.63, 3.8) is 0 Å². The number of carbonyl (C=O) groups excluding carboxylic acids is 1. The Bertz CT molecular complexity index is 591. The second-order valence-electron chi connectivity index (χ2n) is 3.18. The lowest BCUT2D eigenvalue weighted by molar-refractivity contribution is 0.0663. The number of hydrogen-bond donors (Lipinski definition) is 1. The van der Waals surface area contributed by atoms with Crippen LogP contribution in [0.1, 0.15) is 20.9 Å². The molecule has 0 aliphatic carbocycles. The number of aldehydes is 1. The molecule has 17 heavy (non-hydrogen) atoms. The SMILES string of the molecule is O=Cc1cc(-c2ccc(C(=O)O)o2)ncc1F. The summed E-state index contributed by atoms with van der Waals surface area (Å²) in [5.74, 6) is -2.05. The monoisotopic (exact) mass is 235 g/mol. The highest BCUT2D eigenvalue weighted by Crippen LogP contribution is 2.21. The summed E-state index contributed by atoms with van der Waals surface area (Å²) in [6, 6.07) is 3.83. The summed E-state index contributed by atoms with van der Waals surface area (Å²) in [5.41, 5.74) is 0.0317. The van der Waals surface area contributed by atoms with E-state index < -0.39 is 11.8 Å². The zero-order valence-corrected chi connectivity index (χ0v) is 8.38. The number of carbonyl (C=O) groups is 2. The Balaban J connectivity index is 2.45. The third-order valence-electron chi connectivity index (χ3n) is 2.08. The zero-order chi connectivity index (χ0) is 12.4. The Morgan fingerprint density at radius 2 is 2.24 bits per heavy atom. The van der Waals surface area contributed by atoms with E-state index in [-0.39, 0.29) is 22.8 Å². The first kappa shape index (κ1) is 11.0. The predicted molar refractivity (Wildman–Crippen MR) is 54.2 cm³/mol. The first-order valence-corrected chi connectivity index (χ1v) is 4.56. The number of aromatic nitrogens is 1. The van der Waals surface area contributed by atoms with Gasteiger partial charge in [0.2, 0.25) is 5.76 Å². The summed E-state index contributed by atoms with van der Waals surface area (Å²) in [4.78, 5) is 24.8. The standard InChI is InChI=1S/C11H6FNO4/c12-7-4-13-8(3-6(7)5-14)9-1-2-10(17-9)11(15)16/h1-5H,(H,15,16). The molecule has 0 aliphatic heterocycles. The fourth-order valence-corrected chi connectivity index (χ4v) is 1.27. The number of halogens is 1. The molecule has 0 spiro atoms. The van der Waals surface area contributed by atoms with Gasteiger partial charge in [-0.05, 0) is 18.2 Å². The molecule has 0 fully saturated rings. The lowest BCUT2D eigenvalue weighted by Crippen LogP contribution is -1.93. The average molecular weight is 235 g/mol. The number of nitrogens with zero attached hydrogens (tertiary/aromatic N) is 1. The molecule has 0 unspecified atom stereocenters. The molecule has 0 bridgehead atoms. The normalized spacial score (nSPS) is 10.2. The molecule has 6 heteroatoms. The van der Waals surface area contributed by atoms with Crippen LogP contribution in [0.2, 0.25) is 0 Å². The molecular weight excluding hydrogens is 229 g/mol. The topological polar surface area (TPSA) is 80.4 Å². The predicted octanol–water partition coefficient (Wildman–Crippen LogP) is 1.99. The molecule has 0 amide bonds. The van der Waals surface area contributed by atoms with E-state index in [0.29, 0.717) is 6.29 Å². The van der Waals surface area contributed by atoms with Crippen molar-refractivity contribution < 1.29 is 23.5 Å². The van der Waals surface area contributed by atoms with Crippen LogP contribution in [0, 0.1) is 5.82 Å². The molecule has 1 N–H and O–H groups in total. The minimum absolute atomic E-state index is 0.158. The fraction of sp³-hybridized carbons (Fsp3) is 0. The van der Waals surface area contributed by atoms with Crippen molar-refractivity contribution in [3.05, 3.63) is 41.5 Å². The molecule has 2 rings (SSSR count). The molecule has 0 saturated carbocycles. The molecule has 0 atom stereocenters. The van der Waals surface area contributed by atoms with E-state index in [4.69, 9.17) is 9.52 Å². The van der Waals surface area contributed by atoms with E-state index in [0.717, 1.165) is 6.20 Å². The van der Waals surface area contributed by atoms with Gasteiger partial charge in [-0.25, -0.2) is 14.2 Å². The van der Waals surface area contributed by atoms with Crippen molar-refractivity contribution in [3.8, 4) is 11.5 Å². The molecule has 0 aromatic carbocycles. The quantitative estimate of drug-likeness (QED) is 0.823. The van der Waals surface area contributed by atoms with Crippen LogP contribution in [-0.2, 0) is 0 Å². The van der Waals surface area contributed by atoms with Gasteiger partial charge >= 0.3 is 5.97 Å². The number of aromatic carboxylic acids is 1. The average Bonchev–Trinajstić information content (AvgIpc) is 2.79. The molecule has 2 heterocycles. The molecule has 5 nitrogen and oxygen atoms in total. The van der Waals surface area contributed by atoms with Gasteiger partial charge in [0.25, 0.3) is 0 Å². The highest BCUT2D eigenvalue weighted by atomic mass is 19.1. The van der Waals surface area contributed by atoms with Crippen LogP contribution in [0.5, 0.6) is 0 Å². The van der Waals surface area contributed by atoms with Crippen LogP contribution in [0.4, 0.5) is 4.39 Å². The second kappa shape index (κ2) is 4.17. The van der Waals surface area contributed by atoms with Crippen LogP contribution < -0.4 is 0 Å². The van der Waals surface area contributed by atoms with Gasteiger partial charge in [-0.1, -0.05) is 0 Å². The number of carboxylic acid groups (broad SMARTS) is 1. The third kappa shape index (κ3) is 2.05. The van der Waals surface area contributed by atoms with Crippen molar-refractivity contribution >= 4 is 12.3 Å². The summed E-state index contributed by atoms with van der Waals surface area (Å²) in [7, 11) is 0. The third-order valence-corrected chi connectivity index (χ3v) is 2.08. The Morgan fingerprint density at radius 1 is 1.47 bits per heavy atom. The molecule has 2 aromatic rings. The highest BCUT2D eigenvalue weighted by Gasteiger charge is 2.12. The maximum absolute atomic E-state index is 13.0. The molecule has 0 aliphatic rings. The smallest absolute Gasteiger partial charge is 0.371 e. The minimum Gasteiger partial charge on any atom is -0.475 e. The van der Waals surface area contributed by atoms with Crippen molar-refractivity contribution in [2.24, 2.45) is 0 Å². The van der Waals surface area contributed by atoms with Crippen LogP contribution in [-0.4, -0.2) is 22.3 Å². The first-order chi connectivity index (χ1) is 8.11. The lowest BCUT2D eigenvalue weighted by atomic mass is 10.2. The molecule has 0 radical (unpaired) electrons. The van der Waals surface area contributed by atoms with Crippen LogP contribution in [0.15, 0.2) is 28.8 Å². The Kier molecular flexibility index (Phi) is 2.70. The van der Waals surface area contributed by atoms with E-state index in [1.165, 1.54) is 18.2 Å². The number of carboxylic acids is 1. The molecular formula is C11H6FNO4. The van der Waals surface area contributed by atoms with E-state index in [1.807, 2.05) is 0 Å².